The second-order valence-electron chi connectivity index (χ2n) is 6.50. The van der Waals surface area contributed by atoms with E-state index in [0.29, 0.717) is 11.3 Å². The number of hydrogen-bond donors (Lipinski definition) is 1. The third kappa shape index (κ3) is 3.69. The van der Waals surface area contributed by atoms with E-state index in [9.17, 15) is 4.79 Å². The lowest BCUT2D eigenvalue weighted by molar-refractivity contribution is 0.0512. The monoisotopic (exact) mass is 362 g/mol. The zero-order chi connectivity index (χ0) is 18.6. The van der Waals surface area contributed by atoms with Crippen LogP contribution in [-0.2, 0) is 4.74 Å². The fourth-order valence-corrected chi connectivity index (χ4v) is 3.33. The smallest absolute Gasteiger partial charge is 0.376 e. The van der Waals surface area contributed by atoms with Crippen molar-refractivity contribution in [2.24, 2.45) is 0 Å². The van der Waals surface area contributed by atoms with Crippen LogP contribution in [0.1, 0.15) is 30.4 Å². The van der Waals surface area contributed by atoms with E-state index in [1.807, 2.05) is 36.4 Å². The van der Waals surface area contributed by atoms with Crippen molar-refractivity contribution in [3.63, 3.8) is 0 Å². The molecule has 0 spiro atoms. The number of fused-ring (bicyclic) bond motifs is 1. The van der Waals surface area contributed by atoms with E-state index in [0.717, 1.165) is 24.2 Å². The molecule has 0 bridgehead atoms. The number of carbonyl (C=O) groups excluding carboxylic acids is 1. The van der Waals surface area contributed by atoms with Gasteiger partial charge in [0, 0.05) is 29.9 Å². The SMILES string of the molecule is CCOC(=O)c1nc(Nc2ccc(N3CCCC3)cc2)c2ccccc2n1. The summed E-state index contributed by atoms with van der Waals surface area (Å²) in [6, 6.07) is 15.9. The Balaban J connectivity index is 1.64. The van der Waals surface area contributed by atoms with Gasteiger partial charge >= 0.3 is 5.97 Å². The van der Waals surface area contributed by atoms with Crippen LogP contribution in [0.25, 0.3) is 10.9 Å². The number of ether oxygens (including phenoxy) is 1. The predicted octanol–water partition coefficient (Wildman–Crippen LogP) is 4.15. The lowest BCUT2D eigenvalue weighted by Gasteiger charge is -2.18. The first kappa shape index (κ1) is 17.3. The fraction of sp³-hybridized carbons (Fsp3) is 0.286. The Bertz CT molecular complexity index is 950. The number of nitrogens with one attached hydrogen (secondary N) is 1. The molecule has 6 heteroatoms. The largest absolute Gasteiger partial charge is 0.460 e. The van der Waals surface area contributed by atoms with Crippen molar-refractivity contribution in [2.75, 3.05) is 29.9 Å². The molecule has 1 aliphatic heterocycles. The highest BCUT2D eigenvalue weighted by atomic mass is 16.5. The van der Waals surface area contributed by atoms with E-state index in [4.69, 9.17) is 4.74 Å². The number of carbonyl (C=O) groups is 1. The maximum atomic E-state index is 12.1. The van der Waals surface area contributed by atoms with E-state index >= 15 is 0 Å². The van der Waals surface area contributed by atoms with Crippen molar-refractivity contribution < 1.29 is 9.53 Å². The molecule has 0 saturated carbocycles. The normalized spacial score (nSPS) is 13.7. The maximum absolute atomic E-state index is 12.1. The van der Waals surface area contributed by atoms with Crippen LogP contribution in [0.5, 0.6) is 0 Å². The van der Waals surface area contributed by atoms with Crippen molar-refractivity contribution in [1.82, 2.24) is 9.97 Å². The number of hydrogen-bond acceptors (Lipinski definition) is 6. The van der Waals surface area contributed by atoms with E-state index in [2.05, 4.69) is 32.3 Å². The summed E-state index contributed by atoms with van der Waals surface area (Å²) in [5.41, 5.74) is 2.85. The molecule has 1 fully saturated rings. The molecule has 2 aromatic carbocycles. The van der Waals surface area contributed by atoms with Crippen LogP contribution in [0.15, 0.2) is 48.5 Å². The van der Waals surface area contributed by atoms with Crippen LogP contribution in [0, 0.1) is 0 Å². The molecule has 0 atom stereocenters. The van der Waals surface area contributed by atoms with E-state index in [1.54, 1.807) is 6.92 Å². The highest BCUT2D eigenvalue weighted by molar-refractivity contribution is 5.95. The summed E-state index contributed by atoms with van der Waals surface area (Å²) in [4.78, 5) is 23.2. The van der Waals surface area contributed by atoms with E-state index in [1.165, 1.54) is 18.5 Å². The van der Waals surface area contributed by atoms with Gasteiger partial charge in [-0.1, -0.05) is 12.1 Å². The molecule has 6 nitrogen and oxygen atoms in total. The molecule has 0 unspecified atom stereocenters. The zero-order valence-electron chi connectivity index (χ0n) is 15.3. The van der Waals surface area contributed by atoms with Crippen LogP contribution in [0.4, 0.5) is 17.2 Å². The topological polar surface area (TPSA) is 67.3 Å². The molecule has 0 aliphatic carbocycles. The molecular formula is C21H22N4O2. The summed E-state index contributed by atoms with van der Waals surface area (Å²) >= 11 is 0. The number of nitrogens with zero attached hydrogens (tertiary/aromatic N) is 3. The molecule has 27 heavy (non-hydrogen) atoms. The number of para-hydroxylation sites is 1. The summed E-state index contributed by atoms with van der Waals surface area (Å²) in [6.45, 7) is 4.29. The molecule has 1 N–H and O–H groups in total. The lowest BCUT2D eigenvalue weighted by Crippen LogP contribution is -2.17. The van der Waals surface area contributed by atoms with Gasteiger partial charge in [0.25, 0.3) is 0 Å². The van der Waals surface area contributed by atoms with Crippen LogP contribution < -0.4 is 10.2 Å². The molecule has 3 aromatic rings. The Kier molecular flexibility index (Phi) is 4.87. The molecule has 0 amide bonds. The standard InChI is InChI=1S/C21H22N4O2/c1-2-27-21(26)20-23-18-8-4-3-7-17(18)19(24-20)22-15-9-11-16(12-10-15)25-13-5-6-14-25/h3-4,7-12H,2,5-6,13-14H2,1H3,(H,22,23,24). The van der Waals surface area contributed by atoms with Crippen molar-refractivity contribution in [1.29, 1.82) is 0 Å². The predicted molar refractivity (Wildman–Crippen MR) is 107 cm³/mol. The summed E-state index contributed by atoms with van der Waals surface area (Å²) in [5, 5.41) is 4.18. The van der Waals surface area contributed by atoms with E-state index in [-0.39, 0.29) is 12.4 Å². The van der Waals surface area contributed by atoms with Gasteiger partial charge in [0.15, 0.2) is 0 Å². The minimum absolute atomic E-state index is 0.0618. The number of rotatable bonds is 5. The van der Waals surface area contributed by atoms with Gasteiger partial charge in [0.1, 0.15) is 5.82 Å². The fourth-order valence-electron chi connectivity index (χ4n) is 3.33. The summed E-state index contributed by atoms with van der Waals surface area (Å²) < 4.78 is 5.06. The van der Waals surface area contributed by atoms with Gasteiger partial charge in [0.05, 0.1) is 12.1 Å². The molecule has 1 aromatic heterocycles. The molecule has 138 valence electrons. The van der Waals surface area contributed by atoms with Gasteiger partial charge in [-0.25, -0.2) is 14.8 Å². The van der Waals surface area contributed by atoms with Crippen LogP contribution in [-0.4, -0.2) is 35.6 Å². The van der Waals surface area contributed by atoms with Gasteiger partial charge < -0.3 is 15.0 Å². The Morgan fingerprint density at radius 2 is 1.81 bits per heavy atom. The van der Waals surface area contributed by atoms with E-state index < -0.39 is 5.97 Å². The Labute approximate surface area is 158 Å². The van der Waals surface area contributed by atoms with Gasteiger partial charge in [-0.15, -0.1) is 0 Å². The first-order valence-electron chi connectivity index (χ1n) is 9.30. The third-order valence-electron chi connectivity index (χ3n) is 4.66. The maximum Gasteiger partial charge on any atom is 0.376 e. The Morgan fingerprint density at radius 3 is 2.56 bits per heavy atom. The minimum Gasteiger partial charge on any atom is -0.460 e. The summed E-state index contributed by atoms with van der Waals surface area (Å²) in [6.07, 6.45) is 2.51. The molecule has 0 radical (unpaired) electrons. The second-order valence-corrected chi connectivity index (χ2v) is 6.50. The third-order valence-corrected chi connectivity index (χ3v) is 4.66. The van der Waals surface area contributed by atoms with Crippen molar-refractivity contribution in [3.05, 3.63) is 54.4 Å². The summed E-state index contributed by atoms with van der Waals surface area (Å²) in [5.74, 6) is 0.139. The van der Waals surface area contributed by atoms with Gasteiger partial charge in [-0.05, 0) is 56.2 Å². The first-order chi connectivity index (χ1) is 13.2. The molecule has 1 saturated heterocycles. The Hall–Kier alpha value is -3.15. The van der Waals surface area contributed by atoms with Gasteiger partial charge in [0.2, 0.25) is 5.82 Å². The van der Waals surface area contributed by atoms with Gasteiger partial charge in [-0.2, -0.15) is 0 Å². The average Bonchev–Trinajstić information content (AvgIpc) is 3.23. The van der Waals surface area contributed by atoms with Gasteiger partial charge in [-0.3, -0.25) is 0 Å². The zero-order valence-corrected chi connectivity index (χ0v) is 15.3. The number of anilines is 3. The first-order valence-corrected chi connectivity index (χ1v) is 9.30. The second kappa shape index (κ2) is 7.61. The summed E-state index contributed by atoms with van der Waals surface area (Å²) in [7, 11) is 0. The molecule has 2 heterocycles. The minimum atomic E-state index is -0.518. The quantitative estimate of drug-likeness (QED) is 0.688. The highest BCUT2D eigenvalue weighted by Gasteiger charge is 2.16. The van der Waals surface area contributed by atoms with Crippen molar-refractivity contribution >= 4 is 34.1 Å². The van der Waals surface area contributed by atoms with Crippen molar-refractivity contribution in [2.45, 2.75) is 19.8 Å². The number of esters is 1. The molecule has 1 aliphatic rings. The number of aromatic nitrogens is 2. The lowest BCUT2D eigenvalue weighted by atomic mass is 10.2. The number of benzene rings is 2. The van der Waals surface area contributed by atoms with Crippen molar-refractivity contribution in [3.8, 4) is 0 Å². The van der Waals surface area contributed by atoms with Crippen LogP contribution in [0.3, 0.4) is 0 Å². The Morgan fingerprint density at radius 1 is 1.07 bits per heavy atom. The molecule has 4 rings (SSSR count). The van der Waals surface area contributed by atoms with Crippen LogP contribution >= 0.6 is 0 Å². The average molecular weight is 362 g/mol. The van der Waals surface area contributed by atoms with Crippen LogP contribution in [0.2, 0.25) is 0 Å². The molecular weight excluding hydrogens is 340 g/mol. The highest BCUT2D eigenvalue weighted by Crippen LogP contribution is 2.26.